The summed E-state index contributed by atoms with van der Waals surface area (Å²) >= 11 is 1.79. The van der Waals surface area contributed by atoms with Crippen LogP contribution in [-0.2, 0) is 6.54 Å². The summed E-state index contributed by atoms with van der Waals surface area (Å²) in [6.07, 6.45) is 5.71. The molecule has 6 heteroatoms. The molecule has 1 saturated heterocycles. The van der Waals surface area contributed by atoms with Gasteiger partial charge in [0.05, 0.1) is 12.1 Å². The van der Waals surface area contributed by atoms with Gasteiger partial charge in [0.15, 0.2) is 5.82 Å². The molecule has 0 atom stereocenters. The second-order valence-corrected chi connectivity index (χ2v) is 9.02. The fourth-order valence-corrected chi connectivity index (χ4v) is 3.85. The van der Waals surface area contributed by atoms with Crippen LogP contribution in [0.4, 0.5) is 5.82 Å². The molecule has 0 unspecified atom stereocenters. The molecule has 0 aromatic carbocycles. The smallest absolute Gasteiger partial charge is 0.153 e. The van der Waals surface area contributed by atoms with Crippen molar-refractivity contribution in [1.29, 1.82) is 0 Å². The Morgan fingerprint density at radius 1 is 1.17 bits per heavy atom. The number of pyridine rings is 1. The first kappa shape index (κ1) is 16.5. The van der Waals surface area contributed by atoms with Gasteiger partial charge in [0, 0.05) is 15.8 Å². The van der Waals surface area contributed by atoms with Crippen LogP contribution in [0, 0.1) is 0 Å². The van der Waals surface area contributed by atoms with Gasteiger partial charge in [-0.3, -0.25) is 4.90 Å². The van der Waals surface area contributed by atoms with Crippen molar-refractivity contribution in [3.8, 4) is 0 Å². The predicted molar refractivity (Wildman–Crippen MR) is 96.5 cm³/mol. The van der Waals surface area contributed by atoms with Gasteiger partial charge in [-0.05, 0) is 32.0 Å². The van der Waals surface area contributed by atoms with Crippen LogP contribution < -0.4 is 5.73 Å². The van der Waals surface area contributed by atoms with Gasteiger partial charge in [-0.15, -0.1) is 11.8 Å². The molecule has 23 heavy (non-hydrogen) atoms. The van der Waals surface area contributed by atoms with E-state index in [0.717, 1.165) is 35.9 Å². The molecule has 0 bridgehead atoms. The van der Waals surface area contributed by atoms with Crippen molar-refractivity contribution in [3.05, 3.63) is 18.1 Å². The largest absolute Gasteiger partial charge is 0.382 e. The van der Waals surface area contributed by atoms with Crippen LogP contribution >= 0.6 is 11.8 Å². The number of anilines is 1. The van der Waals surface area contributed by atoms with E-state index in [1.807, 2.05) is 6.20 Å². The Morgan fingerprint density at radius 3 is 2.61 bits per heavy atom. The van der Waals surface area contributed by atoms with E-state index in [4.69, 9.17) is 10.7 Å². The van der Waals surface area contributed by atoms with Crippen molar-refractivity contribution in [3.63, 3.8) is 0 Å². The molecule has 1 aliphatic heterocycles. The lowest BCUT2D eigenvalue weighted by molar-refractivity contribution is 0.216. The lowest BCUT2D eigenvalue weighted by atomic mass is 10.1. The molecule has 3 rings (SSSR count). The van der Waals surface area contributed by atoms with E-state index >= 15 is 0 Å². The molecular weight excluding hydrogens is 306 g/mol. The van der Waals surface area contributed by atoms with E-state index in [-0.39, 0.29) is 4.75 Å². The van der Waals surface area contributed by atoms with E-state index in [0.29, 0.717) is 11.3 Å². The lowest BCUT2D eigenvalue weighted by Gasteiger charge is -2.25. The summed E-state index contributed by atoms with van der Waals surface area (Å²) in [7, 11) is 0. The van der Waals surface area contributed by atoms with Gasteiger partial charge in [0.2, 0.25) is 0 Å². The zero-order chi connectivity index (χ0) is 16.4. The van der Waals surface area contributed by atoms with Gasteiger partial charge >= 0.3 is 0 Å². The van der Waals surface area contributed by atoms with E-state index < -0.39 is 0 Å². The van der Waals surface area contributed by atoms with Crippen LogP contribution in [0.2, 0.25) is 0 Å². The molecule has 2 N–H and O–H groups in total. The standard InChI is InChI=1S/C17H25N5S/c1-17(2,3)23-12-9-13-15(19-10-12)16(18)21-14(20-13)11-22-7-5-4-6-8-22/h9-10H,4-8,11H2,1-3H3,(H2,18,20,21). The molecule has 2 aromatic rings. The Hall–Kier alpha value is -1.40. The van der Waals surface area contributed by atoms with Crippen molar-refractivity contribution in [2.45, 2.75) is 56.2 Å². The Morgan fingerprint density at radius 2 is 1.91 bits per heavy atom. The topological polar surface area (TPSA) is 67.9 Å². The van der Waals surface area contributed by atoms with Gasteiger partial charge in [-0.25, -0.2) is 15.0 Å². The molecule has 1 aliphatic rings. The van der Waals surface area contributed by atoms with Crippen molar-refractivity contribution < 1.29 is 0 Å². The highest BCUT2D eigenvalue weighted by Crippen LogP contribution is 2.32. The summed E-state index contributed by atoms with van der Waals surface area (Å²) in [5, 5.41) is 0. The number of nitrogens with zero attached hydrogens (tertiary/aromatic N) is 4. The maximum absolute atomic E-state index is 6.10. The SMILES string of the molecule is CC(C)(C)Sc1cnc2c(N)nc(CN3CCCCC3)nc2c1. The van der Waals surface area contributed by atoms with E-state index in [9.17, 15) is 0 Å². The van der Waals surface area contributed by atoms with Gasteiger partial charge in [0.25, 0.3) is 0 Å². The highest BCUT2D eigenvalue weighted by molar-refractivity contribution is 8.00. The van der Waals surface area contributed by atoms with Gasteiger partial charge in [-0.1, -0.05) is 27.2 Å². The number of hydrogen-bond donors (Lipinski definition) is 1. The third-order valence-electron chi connectivity index (χ3n) is 3.82. The van der Waals surface area contributed by atoms with Gasteiger partial charge in [-0.2, -0.15) is 0 Å². The first-order valence-corrected chi connectivity index (χ1v) is 9.06. The number of aromatic nitrogens is 3. The maximum Gasteiger partial charge on any atom is 0.153 e. The number of hydrogen-bond acceptors (Lipinski definition) is 6. The second-order valence-electron chi connectivity index (χ2n) is 7.12. The summed E-state index contributed by atoms with van der Waals surface area (Å²) in [6.45, 7) is 9.60. The third kappa shape index (κ3) is 4.32. The van der Waals surface area contributed by atoms with E-state index in [1.54, 1.807) is 11.8 Å². The van der Waals surface area contributed by atoms with Crippen molar-refractivity contribution in [2.75, 3.05) is 18.8 Å². The number of thioether (sulfide) groups is 1. The number of piperidine rings is 1. The Labute approximate surface area is 142 Å². The number of nitrogen functional groups attached to an aromatic ring is 1. The average molecular weight is 331 g/mol. The van der Waals surface area contributed by atoms with Crippen LogP contribution in [0.15, 0.2) is 17.2 Å². The molecule has 1 fully saturated rings. The zero-order valence-corrected chi connectivity index (χ0v) is 15.0. The van der Waals surface area contributed by atoms with Gasteiger partial charge in [0.1, 0.15) is 11.3 Å². The minimum Gasteiger partial charge on any atom is -0.382 e. The number of fused-ring (bicyclic) bond motifs is 1. The zero-order valence-electron chi connectivity index (χ0n) is 14.2. The fraction of sp³-hybridized carbons (Fsp3) is 0.588. The number of rotatable bonds is 3. The molecule has 0 amide bonds. The van der Waals surface area contributed by atoms with Crippen LogP contribution in [0.3, 0.4) is 0 Å². The van der Waals surface area contributed by atoms with Gasteiger partial charge < -0.3 is 5.73 Å². The van der Waals surface area contributed by atoms with Crippen molar-refractivity contribution >= 4 is 28.6 Å². The first-order valence-electron chi connectivity index (χ1n) is 8.24. The third-order valence-corrected chi connectivity index (χ3v) is 4.89. The van der Waals surface area contributed by atoms with Crippen LogP contribution in [0.1, 0.15) is 45.9 Å². The van der Waals surface area contributed by atoms with E-state index in [1.165, 1.54) is 19.3 Å². The molecule has 5 nitrogen and oxygen atoms in total. The molecule has 0 spiro atoms. The van der Waals surface area contributed by atoms with Crippen molar-refractivity contribution in [1.82, 2.24) is 19.9 Å². The summed E-state index contributed by atoms with van der Waals surface area (Å²) in [5.41, 5.74) is 7.65. The van der Waals surface area contributed by atoms with Crippen LogP contribution in [0.5, 0.6) is 0 Å². The number of nitrogens with two attached hydrogens (primary N) is 1. The second kappa shape index (κ2) is 6.61. The molecule has 0 radical (unpaired) electrons. The van der Waals surface area contributed by atoms with Crippen LogP contribution in [-0.4, -0.2) is 37.7 Å². The first-order chi connectivity index (χ1) is 10.9. The minimum atomic E-state index is 0.143. The normalized spacial score (nSPS) is 16.8. The molecular formula is C17H25N5S. The fourth-order valence-electron chi connectivity index (χ4n) is 2.87. The lowest BCUT2D eigenvalue weighted by Crippen LogP contribution is -2.30. The van der Waals surface area contributed by atoms with Crippen LogP contribution in [0.25, 0.3) is 11.0 Å². The minimum absolute atomic E-state index is 0.143. The number of likely N-dealkylation sites (tertiary alicyclic amines) is 1. The molecule has 3 heterocycles. The van der Waals surface area contributed by atoms with Crippen molar-refractivity contribution in [2.24, 2.45) is 0 Å². The predicted octanol–water partition coefficient (Wildman–Crippen LogP) is 3.48. The summed E-state index contributed by atoms with van der Waals surface area (Å²) < 4.78 is 0.143. The quantitative estimate of drug-likeness (QED) is 0.869. The maximum atomic E-state index is 6.10. The Kier molecular flexibility index (Phi) is 4.73. The molecule has 124 valence electrons. The summed E-state index contributed by atoms with van der Waals surface area (Å²) in [6, 6.07) is 2.08. The van der Waals surface area contributed by atoms with E-state index in [2.05, 4.69) is 41.7 Å². The molecule has 0 saturated carbocycles. The molecule has 0 aliphatic carbocycles. The monoisotopic (exact) mass is 331 g/mol. The Balaban J connectivity index is 1.88. The summed E-state index contributed by atoms with van der Waals surface area (Å²) in [4.78, 5) is 17.2. The average Bonchev–Trinajstić information content (AvgIpc) is 2.46. The highest BCUT2D eigenvalue weighted by atomic mass is 32.2. The molecule has 2 aromatic heterocycles. The summed E-state index contributed by atoms with van der Waals surface area (Å²) in [5.74, 6) is 1.28. The Bertz CT molecular complexity index is 689. The highest BCUT2D eigenvalue weighted by Gasteiger charge is 2.16.